The van der Waals surface area contributed by atoms with Crippen molar-refractivity contribution in [3.05, 3.63) is 29.6 Å². The van der Waals surface area contributed by atoms with Crippen molar-refractivity contribution in [1.29, 1.82) is 5.26 Å². The van der Waals surface area contributed by atoms with Crippen LogP contribution in [0.3, 0.4) is 0 Å². The van der Waals surface area contributed by atoms with E-state index in [1.165, 1.54) is 6.07 Å². The number of ether oxygens (including phenoxy) is 1. The third kappa shape index (κ3) is 2.95. The third-order valence-electron chi connectivity index (χ3n) is 1.92. The number of benzene rings is 1. The summed E-state index contributed by atoms with van der Waals surface area (Å²) < 4.78 is 17.8. The number of carbonyl (C=O) groups is 1. The van der Waals surface area contributed by atoms with Gasteiger partial charge >= 0.3 is 5.97 Å². The molecule has 1 aromatic carbocycles. The first-order valence-corrected chi connectivity index (χ1v) is 4.73. The van der Waals surface area contributed by atoms with Crippen molar-refractivity contribution in [2.24, 2.45) is 0 Å². The lowest BCUT2D eigenvalue weighted by Gasteiger charge is -2.08. The average Bonchev–Trinajstić information content (AvgIpc) is 2.24. The largest absolute Gasteiger partial charge is 0.443 e. The molecule has 0 radical (unpaired) electrons. The highest BCUT2D eigenvalue weighted by Gasteiger charge is 2.14. The van der Waals surface area contributed by atoms with E-state index in [-0.39, 0.29) is 11.3 Å². The Kier molecular flexibility index (Phi) is 3.84. The van der Waals surface area contributed by atoms with Crippen LogP contribution in [0.5, 0.6) is 0 Å². The molecular weight excluding hydrogens is 211 g/mol. The number of rotatable bonds is 3. The lowest BCUT2D eigenvalue weighted by molar-refractivity contribution is 0.0400. The highest BCUT2D eigenvalue weighted by atomic mass is 19.1. The topological polar surface area (TPSA) is 76.1 Å². The Balaban J connectivity index is 2.85. The van der Waals surface area contributed by atoms with Crippen LogP contribution < -0.4 is 5.73 Å². The highest BCUT2D eigenvalue weighted by Crippen LogP contribution is 2.13. The Hall–Kier alpha value is -2.09. The van der Waals surface area contributed by atoms with E-state index in [0.717, 1.165) is 12.1 Å². The first kappa shape index (κ1) is 12.0. The molecule has 0 aliphatic rings. The summed E-state index contributed by atoms with van der Waals surface area (Å²) in [4.78, 5) is 11.5. The van der Waals surface area contributed by atoms with Gasteiger partial charge in [-0.1, -0.05) is 6.92 Å². The van der Waals surface area contributed by atoms with Crippen LogP contribution in [0.1, 0.15) is 23.7 Å². The van der Waals surface area contributed by atoms with Gasteiger partial charge in [-0.05, 0) is 24.6 Å². The standard InChI is InChI=1S/C11H11FN2O2/c1-2-10(6-13)16-11(15)7-3-8(12)5-9(14)4-7/h3-5,10H,2,14H2,1H3. The molecule has 0 bridgehead atoms. The van der Waals surface area contributed by atoms with E-state index in [4.69, 9.17) is 15.7 Å². The molecule has 1 rings (SSSR count). The Labute approximate surface area is 92.4 Å². The maximum Gasteiger partial charge on any atom is 0.339 e. The van der Waals surface area contributed by atoms with Crippen molar-refractivity contribution < 1.29 is 13.9 Å². The minimum atomic E-state index is -0.822. The lowest BCUT2D eigenvalue weighted by Crippen LogP contribution is -2.16. The predicted molar refractivity (Wildman–Crippen MR) is 55.9 cm³/mol. The van der Waals surface area contributed by atoms with Crippen molar-refractivity contribution >= 4 is 11.7 Å². The van der Waals surface area contributed by atoms with Gasteiger partial charge in [-0.2, -0.15) is 5.26 Å². The second kappa shape index (κ2) is 5.12. The second-order valence-corrected chi connectivity index (χ2v) is 3.20. The third-order valence-corrected chi connectivity index (χ3v) is 1.92. The number of nitrogens with zero attached hydrogens (tertiary/aromatic N) is 1. The number of nitrogens with two attached hydrogens (primary N) is 1. The fraction of sp³-hybridized carbons (Fsp3) is 0.273. The Morgan fingerprint density at radius 2 is 2.31 bits per heavy atom. The molecule has 0 spiro atoms. The zero-order valence-electron chi connectivity index (χ0n) is 8.74. The van der Waals surface area contributed by atoms with Gasteiger partial charge in [0, 0.05) is 5.69 Å². The lowest BCUT2D eigenvalue weighted by atomic mass is 10.2. The van der Waals surface area contributed by atoms with Crippen LogP contribution in [0, 0.1) is 17.1 Å². The molecule has 5 heteroatoms. The van der Waals surface area contributed by atoms with Crippen LogP contribution in [0.2, 0.25) is 0 Å². The molecule has 0 aromatic heterocycles. The fourth-order valence-corrected chi connectivity index (χ4v) is 1.13. The molecule has 16 heavy (non-hydrogen) atoms. The quantitative estimate of drug-likeness (QED) is 0.625. The summed E-state index contributed by atoms with van der Waals surface area (Å²) in [5.41, 5.74) is 5.52. The molecule has 1 unspecified atom stereocenters. The molecule has 0 heterocycles. The summed E-state index contributed by atoms with van der Waals surface area (Å²) in [6.45, 7) is 1.71. The summed E-state index contributed by atoms with van der Waals surface area (Å²) >= 11 is 0. The van der Waals surface area contributed by atoms with E-state index in [2.05, 4.69) is 0 Å². The first-order chi connectivity index (χ1) is 7.56. The average molecular weight is 222 g/mol. The first-order valence-electron chi connectivity index (χ1n) is 4.73. The minimum Gasteiger partial charge on any atom is -0.443 e. The number of anilines is 1. The molecule has 4 nitrogen and oxygen atoms in total. The van der Waals surface area contributed by atoms with E-state index in [1.54, 1.807) is 6.92 Å². The number of halogens is 1. The van der Waals surface area contributed by atoms with E-state index in [0.29, 0.717) is 6.42 Å². The van der Waals surface area contributed by atoms with Gasteiger partial charge < -0.3 is 10.5 Å². The molecule has 0 aliphatic heterocycles. The monoisotopic (exact) mass is 222 g/mol. The van der Waals surface area contributed by atoms with Crippen LogP contribution in [0.25, 0.3) is 0 Å². The van der Waals surface area contributed by atoms with Crippen LogP contribution in [0.4, 0.5) is 10.1 Å². The number of esters is 1. The van der Waals surface area contributed by atoms with E-state index < -0.39 is 17.9 Å². The van der Waals surface area contributed by atoms with E-state index >= 15 is 0 Å². The van der Waals surface area contributed by atoms with Gasteiger partial charge in [-0.15, -0.1) is 0 Å². The molecule has 0 amide bonds. The summed E-state index contributed by atoms with van der Waals surface area (Å²) in [5, 5.41) is 8.61. The number of hydrogen-bond donors (Lipinski definition) is 1. The fourth-order valence-electron chi connectivity index (χ4n) is 1.13. The van der Waals surface area contributed by atoms with Crippen LogP contribution in [0.15, 0.2) is 18.2 Å². The van der Waals surface area contributed by atoms with Gasteiger partial charge in [-0.3, -0.25) is 0 Å². The normalized spacial score (nSPS) is 11.6. The zero-order chi connectivity index (χ0) is 12.1. The zero-order valence-corrected chi connectivity index (χ0v) is 8.74. The molecule has 84 valence electrons. The maximum absolute atomic E-state index is 12.9. The van der Waals surface area contributed by atoms with Crippen molar-refractivity contribution in [2.75, 3.05) is 5.73 Å². The maximum atomic E-state index is 12.9. The Bertz CT molecular complexity index is 420. The van der Waals surface area contributed by atoms with Crippen molar-refractivity contribution in [1.82, 2.24) is 0 Å². The summed E-state index contributed by atoms with van der Waals surface area (Å²) in [6.07, 6.45) is -0.440. The second-order valence-electron chi connectivity index (χ2n) is 3.20. The number of hydrogen-bond acceptors (Lipinski definition) is 4. The summed E-state index contributed by atoms with van der Waals surface area (Å²) in [5.74, 6) is -1.36. The van der Waals surface area contributed by atoms with Gasteiger partial charge in [0.05, 0.1) is 5.56 Å². The number of carbonyl (C=O) groups excluding carboxylic acids is 1. The van der Waals surface area contributed by atoms with Gasteiger partial charge in [0.25, 0.3) is 0 Å². The molecule has 2 N–H and O–H groups in total. The Morgan fingerprint density at radius 1 is 1.62 bits per heavy atom. The van der Waals surface area contributed by atoms with E-state index in [1.807, 2.05) is 6.07 Å². The van der Waals surface area contributed by atoms with Crippen molar-refractivity contribution in [2.45, 2.75) is 19.4 Å². The van der Waals surface area contributed by atoms with Crippen LogP contribution in [-0.2, 0) is 4.74 Å². The number of nitriles is 1. The van der Waals surface area contributed by atoms with Gasteiger partial charge in [0.15, 0.2) is 6.10 Å². The van der Waals surface area contributed by atoms with Crippen molar-refractivity contribution in [3.63, 3.8) is 0 Å². The molecular formula is C11H11FN2O2. The predicted octanol–water partition coefficient (Wildman–Crippen LogP) is 1.87. The SMILES string of the molecule is CCC(C#N)OC(=O)c1cc(N)cc(F)c1. The van der Waals surface area contributed by atoms with Crippen molar-refractivity contribution in [3.8, 4) is 6.07 Å². The molecule has 0 aliphatic carbocycles. The van der Waals surface area contributed by atoms with E-state index in [9.17, 15) is 9.18 Å². The van der Waals surface area contributed by atoms with Crippen LogP contribution >= 0.6 is 0 Å². The highest BCUT2D eigenvalue weighted by molar-refractivity contribution is 5.90. The van der Waals surface area contributed by atoms with Crippen LogP contribution in [-0.4, -0.2) is 12.1 Å². The molecule has 0 fully saturated rings. The molecule has 1 aromatic rings. The number of nitrogen functional groups attached to an aromatic ring is 1. The molecule has 0 saturated carbocycles. The minimum absolute atomic E-state index is 0.00574. The molecule has 1 atom stereocenters. The van der Waals surface area contributed by atoms with Gasteiger partial charge in [-0.25, -0.2) is 9.18 Å². The summed E-state index contributed by atoms with van der Waals surface area (Å²) in [6, 6.07) is 5.23. The summed E-state index contributed by atoms with van der Waals surface area (Å²) in [7, 11) is 0. The molecule has 0 saturated heterocycles. The smallest absolute Gasteiger partial charge is 0.339 e. The Morgan fingerprint density at radius 3 is 2.81 bits per heavy atom. The van der Waals surface area contributed by atoms with Gasteiger partial charge in [0.2, 0.25) is 0 Å². The van der Waals surface area contributed by atoms with Gasteiger partial charge in [0.1, 0.15) is 11.9 Å².